The first kappa shape index (κ1) is 21.9. The zero-order valence-corrected chi connectivity index (χ0v) is 20.5. The van der Waals surface area contributed by atoms with E-state index in [4.69, 9.17) is 14.5 Å². The maximum absolute atomic E-state index is 5.35. The van der Waals surface area contributed by atoms with E-state index >= 15 is 0 Å². The molecule has 0 amide bonds. The van der Waals surface area contributed by atoms with E-state index in [9.17, 15) is 0 Å². The lowest BCUT2D eigenvalue weighted by molar-refractivity contribution is 0.414. The molecule has 0 atom stereocenters. The van der Waals surface area contributed by atoms with Crippen molar-refractivity contribution >= 4 is 28.3 Å². The Morgan fingerprint density at radius 1 is 0.694 bits per heavy atom. The van der Waals surface area contributed by atoms with Crippen LogP contribution in [-0.4, -0.2) is 24.9 Å². The number of aromatic nitrogens is 1. The van der Waals surface area contributed by atoms with E-state index in [-0.39, 0.29) is 0 Å². The number of nitrogens with one attached hydrogen (secondary N) is 1. The van der Waals surface area contributed by atoms with Crippen LogP contribution < -0.4 is 9.47 Å². The molecule has 4 aromatic carbocycles. The fraction of sp³-hybridized carbons (Fsp3) is 0.0938. The van der Waals surface area contributed by atoms with Gasteiger partial charge in [-0.05, 0) is 73.2 Å². The van der Waals surface area contributed by atoms with Crippen LogP contribution in [0.4, 0.5) is 0 Å². The highest BCUT2D eigenvalue weighted by Crippen LogP contribution is 2.37. The van der Waals surface area contributed by atoms with Gasteiger partial charge in [0.15, 0.2) is 0 Å². The van der Waals surface area contributed by atoms with Crippen LogP contribution >= 0.6 is 0 Å². The van der Waals surface area contributed by atoms with Crippen LogP contribution in [0.15, 0.2) is 96.0 Å². The van der Waals surface area contributed by atoms with Gasteiger partial charge < -0.3 is 14.5 Å². The predicted octanol–water partition coefficient (Wildman–Crippen LogP) is 7.51. The van der Waals surface area contributed by atoms with E-state index in [1.165, 1.54) is 10.9 Å². The largest absolute Gasteiger partial charge is 0.497 e. The standard InChI is InChI=1S/C32H26N2O2/c1-20-8-17-26-28(18-20)32(22-11-15-24(36-3)16-12-22)34-30(26)19-29-25-6-4-5-7-27(25)31(33-29)21-9-13-23(35-2)14-10-21/h4-19,33H,1-3H3/b30-19-. The molecule has 6 rings (SSSR count). The van der Waals surface area contributed by atoms with Crippen LogP contribution in [0.5, 0.6) is 11.5 Å². The van der Waals surface area contributed by atoms with Crippen LogP contribution in [0.1, 0.15) is 27.9 Å². The molecule has 0 aliphatic carbocycles. The van der Waals surface area contributed by atoms with Crippen molar-refractivity contribution in [3.63, 3.8) is 0 Å². The summed E-state index contributed by atoms with van der Waals surface area (Å²) in [6.07, 6.45) is 2.17. The third kappa shape index (κ3) is 3.77. The molecule has 176 valence electrons. The zero-order chi connectivity index (χ0) is 24.6. The molecule has 0 saturated heterocycles. The lowest BCUT2D eigenvalue weighted by Crippen LogP contribution is -2.01. The first-order valence-electron chi connectivity index (χ1n) is 12.0. The van der Waals surface area contributed by atoms with E-state index < -0.39 is 0 Å². The van der Waals surface area contributed by atoms with Crippen molar-refractivity contribution < 1.29 is 9.47 Å². The highest BCUT2D eigenvalue weighted by atomic mass is 16.5. The minimum absolute atomic E-state index is 0.835. The Hall–Kier alpha value is -4.57. The monoisotopic (exact) mass is 470 g/mol. The number of ether oxygens (including phenoxy) is 2. The van der Waals surface area contributed by atoms with Crippen molar-refractivity contribution in [3.05, 3.63) is 119 Å². The van der Waals surface area contributed by atoms with Gasteiger partial charge in [0.25, 0.3) is 0 Å². The zero-order valence-electron chi connectivity index (χ0n) is 20.5. The molecule has 1 aliphatic rings. The molecule has 1 aliphatic heterocycles. The molecule has 0 saturated carbocycles. The van der Waals surface area contributed by atoms with Crippen molar-refractivity contribution in [1.82, 2.24) is 4.98 Å². The number of benzene rings is 4. The van der Waals surface area contributed by atoms with Crippen LogP contribution in [-0.2, 0) is 0 Å². The van der Waals surface area contributed by atoms with Gasteiger partial charge in [0, 0.05) is 33.2 Å². The number of nitrogens with zero attached hydrogens (tertiary/aromatic N) is 1. The van der Waals surface area contributed by atoms with Gasteiger partial charge >= 0.3 is 0 Å². The third-order valence-corrected chi connectivity index (χ3v) is 6.71. The van der Waals surface area contributed by atoms with Gasteiger partial charge in [0.1, 0.15) is 11.5 Å². The molecular formula is C32H26N2O2. The summed E-state index contributed by atoms with van der Waals surface area (Å²) in [6.45, 7) is 2.12. The lowest BCUT2D eigenvalue weighted by Gasteiger charge is -2.06. The molecule has 1 N–H and O–H groups in total. The molecule has 0 radical (unpaired) electrons. The normalized spacial score (nSPS) is 13.6. The molecule has 4 heteroatoms. The number of H-pyrrole nitrogens is 1. The number of hydrogen-bond donors (Lipinski definition) is 1. The molecule has 0 fully saturated rings. The first-order valence-corrected chi connectivity index (χ1v) is 12.0. The van der Waals surface area contributed by atoms with Gasteiger partial charge in [-0.3, -0.25) is 0 Å². The summed E-state index contributed by atoms with van der Waals surface area (Å²) >= 11 is 0. The second-order valence-corrected chi connectivity index (χ2v) is 8.96. The lowest BCUT2D eigenvalue weighted by atomic mass is 9.97. The van der Waals surface area contributed by atoms with E-state index in [0.717, 1.165) is 61.9 Å². The molecule has 5 aromatic rings. The Bertz CT molecular complexity index is 1640. The van der Waals surface area contributed by atoms with Crippen LogP contribution in [0.25, 0.3) is 33.8 Å². The van der Waals surface area contributed by atoms with Crippen molar-refractivity contribution in [1.29, 1.82) is 0 Å². The summed E-state index contributed by atoms with van der Waals surface area (Å²) in [4.78, 5) is 8.81. The van der Waals surface area contributed by atoms with Crippen molar-refractivity contribution in [2.45, 2.75) is 6.92 Å². The predicted molar refractivity (Wildman–Crippen MR) is 148 cm³/mol. The van der Waals surface area contributed by atoms with E-state index in [2.05, 4.69) is 84.7 Å². The summed E-state index contributed by atoms with van der Waals surface area (Å²) in [7, 11) is 3.37. The van der Waals surface area contributed by atoms with Crippen LogP contribution in [0, 0.1) is 6.92 Å². The van der Waals surface area contributed by atoms with E-state index in [0.29, 0.717) is 0 Å². The summed E-state index contributed by atoms with van der Waals surface area (Å²) in [5.74, 6) is 1.68. The number of aromatic amines is 1. The molecule has 1 aromatic heterocycles. The molecule has 0 spiro atoms. The smallest absolute Gasteiger partial charge is 0.118 e. The summed E-state index contributed by atoms with van der Waals surface area (Å²) in [5.41, 5.74) is 9.73. The van der Waals surface area contributed by atoms with Gasteiger partial charge in [0.2, 0.25) is 0 Å². The molecular weight excluding hydrogens is 444 g/mol. The first-order chi connectivity index (χ1) is 17.6. The second-order valence-electron chi connectivity index (χ2n) is 8.96. The maximum atomic E-state index is 5.35. The van der Waals surface area contributed by atoms with E-state index in [1.807, 2.05) is 24.3 Å². The van der Waals surface area contributed by atoms with Gasteiger partial charge in [0.05, 0.1) is 31.3 Å². The number of aryl methyl sites for hydroxylation is 1. The van der Waals surface area contributed by atoms with Crippen LogP contribution in [0.3, 0.4) is 0 Å². The summed E-state index contributed by atoms with van der Waals surface area (Å²) in [5, 5.41) is 2.34. The summed E-state index contributed by atoms with van der Waals surface area (Å²) < 4.78 is 10.7. The second kappa shape index (κ2) is 8.90. The minimum atomic E-state index is 0.835. The molecule has 2 heterocycles. The van der Waals surface area contributed by atoms with Gasteiger partial charge in [-0.2, -0.15) is 0 Å². The topological polar surface area (TPSA) is 46.6 Å². The maximum Gasteiger partial charge on any atom is 0.118 e. The number of methoxy groups -OCH3 is 2. The fourth-order valence-corrected chi connectivity index (χ4v) is 4.84. The fourth-order valence-electron chi connectivity index (χ4n) is 4.84. The highest BCUT2D eigenvalue weighted by molar-refractivity contribution is 6.22. The number of fused-ring (bicyclic) bond motifs is 2. The quantitative estimate of drug-likeness (QED) is 0.289. The Labute approximate surface area is 210 Å². The van der Waals surface area contributed by atoms with Gasteiger partial charge in [-0.1, -0.05) is 42.0 Å². The Morgan fingerprint density at radius 3 is 2.00 bits per heavy atom. The highest BCUT2D eigenvalue weighted by Gasteiger charge is 2.22. The SMILES string of the molecule is COc1ccc(C2=N/C(=C\c3[nH]c(-c4ccc(OC)cc4)c4ccccc34)c3ccc(C)cc32)cc1. The Kier molecular flexibility index (Phi) is 5.42. The average molecular weight is 471 g/mol. The minimum Gasteiger partial charge on any atom is -0.497 e. The Morgan fingerprint density at radius 2 is 1.33 bits per heavy atom. The Balaban J connectivity index is 1.50. The van der Waals surface area contributed by atoms with Crippen molar-refractivity contribution in [3.8, 4) is 22.8 Å². The van der Waals surface area contributed by atoms with Crippen molar-refractivity contribution in [2.75, 3.05) is 14.2 Å². The number of rotatable bonds is 5. The molecule has 36 heavy (non-hydrogen) atoms. The van der Waals surface area contributed by atoms with Crippen LogP contribution in [0.2, 0.25) is 0 Å². The summed E-state index contributed by atoms with van der Waals surface area (Å²) in [6, 6.07) is 31.3. The van der Waals surface area contributed by atoms with E-state index in [1.54, 1.807) is 14.2 Å². The molecule has 4 nitrogen and oxygen atoms in total. The van der Waals surface area contributed by atoms with Crippen molar-refractivity contribution in [2.24, 2.45) is 4.99 Å². The van der Waals surface area contributed by atoms with Gasteiger partial charge in [-0.15, -0.1) is 0 Å². The number of hydrogen-bond acceptors (Lipinski definition) is 3. The van der Waals surface area contributed by atoms with Gasteiger partial charge in [-0.25, -0.2) is 4.99 Å². The third-order valence-electron chi connectivity index (χ3n) is 6.71. The molecule has 0 unspecified atom stereocenters. The average Bonchev–Trinajstić information content (AvgIpc) is 3.47. The molecule has 0 bridgehead atoms. The number of aliphatic imine (C=N–C) groups is 1.